The second-order valence-corrected chi connectivity index (χ2v) is 8.54. The van der Waals surface area contributed by atoms with Gasteiger partial charge in [0.1, 0.15) is 0 Å². The molecule has 5 nitrogen and oxygen atoms in total. The zero-order chi connectivity index (χ0) is 20.6. The molecule has 0 bridgehead atoms. The Bertz CT molecular complexity index is 1000. The lowest BCUT2D eigenvalue weighted by molar-refractivity contribution is 0.112. The lowest BCUT2D eigenvalue weighted by atomic mass is 10.0. The van der Waals surface area contributed by atoms with Gasteiger partial charge in [0.2, 0.25) is 0 Å². The highest BCUT2D eigenvalue weighted by atomic mass is 16.5. The van der Waals surface area contributed by atoms with E-state index < -0.39 is 0 Å². The normalized spacial score (nSPS) is 12.3. The standard InChI is InChI=1S/C23H32N4O/c1-14(2)18-9-8-17(19(11-24)25-18)21-15(3)10-20-22(26-21)16(4)12-27(20)23(5,6)13-28-7/h8-10,12,14H,11,13,24H2,1-7H3. The van der Waals surface area contributed by atoms with Gasteiger partial charge in [-0.1, -0.05) is 13.8 Å². The Labute approximate surface area is 167 Å². The summed E-state index contributed by atoms with van der Waals surface area (Å²) in [4.78, 5) is 9.86. The number of aromatic nitrogens is 3. The predicted molar refractivity (Wildman–Crippen MR) is 116 cm³/mol. The summed E-state index contributed by atoms with van der Waals surface area (Å²) in [6.07, 6.45) is 2.17. The monoisotopic (exact) mass is 380 g/mol. The van der Waals surface area contributed by atoms with Gasteiger partial charge in [-0.3, -0.25) is 4.98 Å². The minimum Gasteiger partial charge on any atom is -0.382 e. The van der Waals surface area contributed by atoms with Crippen LogP contribution in [0.4, 0.5) is 0 Å². The molecule has 150 valence electrons. The number of aryl methyl sites for hydroxylation is 2. The van der Waals surface area contributed by atoms with E-state index in [0.717, 1.165) is 44.8 Å². The number of hydrogen-bond acceptors (Lipinski definition) is 4. The van der Waals surface area contributed by atoms with E-state index in [4.69, 9.17) is 20.4 Å². The van der Waals surface area contributed by atoms with Crippen LogP contribution in [-0.2, 0) is 16.8 Å². The fraction of sp³-hybridized carbons (Fsp3) is 0.478. The van der Waals surface area contributed by atoms with Crippen molar-refractivity contribution >= 4 is 11.0 Å². The van der Waals surface area contributed by atoms with Crippen molar-refractivity contribution in [3.05, 3.63) is 46.9 Å². The first-order valence-corrected chi connectivity index (χ1v) is 9.88. The Morgan fingerprint density at radius 3 is 2.46 bits per heavy atom. The van der Waals surface area contributed by atoms with Gasteiger partial charge in [0.05, 0.1) is 34.6 Å². The molecule has 28 heavy (non-hydrogen) atoms. The summed E-state index contributed by atoms with van der Waals surface area (Å²) in [5, 5.41) is 0. The predicted octanol–water partition coefficient (Wildman–Crippen LogP) is 4.68. The van der Waals surface area contributed by atoms with E-state index in [1.54, 1.807) is 7.11 Å². The van der Waals surface area contributed by atoms with Crippen LogP contribution in [0.5, 0.6) is 0 Å². The van der Waals surface area contributed by atoms with Crippen molar-refractivity contribution in [2.45, 2.75) is 59.5 Å². The minimum atomic E-state index is -0.153. The number of hydrogen-bond donors (Lipinski definition) is 1. The van der Waals surface area contributed by atoms with Crippen molar-refractivity contribution in [3.8, 4) is 11.3 Å². The number of ether oxygens (including phenoxy) is 1. The van der Waals surface area contributed by atoms with Crippen molar-refractivity contribution in [2.75, 3.05) is 13.7 Å². The second kappa shape index (κ2) is 7.64. The Morgan fingerprint density at radius 1 is 1.14 bits per heavy atom. The molecule has 0 amide bonds. The molecule has 0 atom stereocenters. The van der Waals surface area contributed by atoms with Gasteiger partial charge in [0.15, 0.2) is 0 Å². The molecule has 0 unspecified atom stereocenters. The van der Waals surface area contributed by atoms with Crippen LogP contribution in [0.15, 0.2) is 24.4 Å². The quantitative estimate of drug-likeness (QED) is 0.674. The highest BCUT2D eigenvalue weighted by Gasteiger charge is 2.24. The van der Waals surface area contributed by atoms with Crippen molar-refractivity contribution < 1.29 is 4.74 Å². The number of fused-ring (bicyclic) bond motifs is 1. The van der Waals surface area contributed by atoms with Crippen LogP contribution in [0.25, 0.3) is 22.3 Å². The molecule has 0 aliphatic heterocycles. The fourth-order valence-electron chi connectivity index (χ4n) is 3.80. The Hall–Kier alpha value is -2.24. The molecule has 0 aliphatic carbocycles. The first-order chi connectivity index (χ1) is 13.2. The maximum atomic E-state index is 6.04. The number of rotatable bonds is 6. The average Bonchev–Trinajstić information content (AvgIpc) is 2.97. The Balaban J connectivity index is 2.20. The highest BCUT2D eigenvalue weighted by Crippen LogP contribution is 2.32. The summed E-state index contributed by atoms with van der Waals surface area (Å²) in [5.41, 5.74) is 14.2. The number of pyridine rings is 2. The van der Waals surface area contributed by atoms with E-state index >= 15 is 0 Å². The van der Waals surface area contributed by atoms with Crippen molar-refractivity contribution in [2.24, 2.45) is 5.73 Å². The van der Waals surface area contributed by atoms with Crippen LogP contribution in [0, 0.1) is 13.8 Å². The van der Waals surface area contributed by atoms with Crippen LogP contribution in [-0.4, -0.2) is 28.3 Å². The van der Waals surface area contributed by atoms with Crippen LogP contribution in [0.1, 0.15) is 56.1 Å². The van der Waals surface area contributed by atoms with E-state index in [1.165, 1.54) is 0 Å². The molecule has 3 heterocycles. The van der Waals surface area contributed by atoms with Crippen molar-refractivity contribution in [1.82, 2.24) is 14.5 Å². The van der Waals surface area contributed by atoms with E-state index in [2.05, 4.69) is 70.5 Å². The molecule has 3 aromatic heterocycles. The summed E-state index contributed by atoms with van der Waals surface area (Å²) in [5.74, 6) is 0.371. The number of methoxy groups -OCH3 is 1. The third-order valence-electron chi connectivity index (χ3n) is 5.33. The summed E-state index contributed by atoms with van der Waals surface area (Å²) in [7, 11) is 1.74. The zero-order valence-electron chi connectivity index (χ0n) is 18.1. The lowest BCUT2D eigenvalue weighted by Crippen LogP contribution is -2.30. The molecule has 0 radical (unpaired) electrons. The highest BCUT2D eigenvalue weighted by molar-refractivity contribution is 5.84. The average molecular weight is 381 g/mol. The summed E-state index contributed by atoms with van der Waals surface area (Å²) >= 11 is 0. The van der Waals surface area contributed by atoms with Crippen LogP contribution in [0.3, 0.4) is 0 Å². The number of nitrogens with two attached hydrogens (primary N) is 1. The molecule has 3 rings (SSSR count). The molecule has 0 spiro atoms. The van der Waals surface area contributed by atoms with E-state index in [-0.39, 0.29) is 5.54 Å². The first kappa shape index (κ1) is 20.5. The van der Waals surface area contributed by atoms with Gasteiger partial charge < -0.3 is 15.0 Å². The summed E-state index contributed by atoms with van der Waals surface area (Å²) in [6.45, 7) is 13.9. The molecule has 0 aromatic carbocycles. The lowest BCUT2D eigenvalue weighted by Gasteiger charge is -2.27. The maximum absolute atomic E-state index is 6.04. The topological polar surface area (TPSA) is 66.0 Å². The smallest absolute Gasteiger partial charge is 0.0918 e. The van der Waals surface area contributed by atoms with Crippen molar-refractivity contribution in [3.63, 3.8) is 0 Å². The molecule has 3 aromatic rings. The fourth-order valence-corrected chi connectivity index (χ4v) is 3.80. The minimum absolute atomic E-state index is 0.153. The molecule has 0 fully saturated rings. The van der Waals surface area contributed by atoms with Gasteiger partial charge in [0.25, 0.3) is 0 Å². The first-order valence-electron chi connectivity index (χ1n) is 9.88. The Kier molecular flexibility index (Phi) is 5.60. The Morgan fingerprint density at radius 2 is 1.86 bits per heavy atom. The molecule has 5 heteroatoms. The van der Waals surface area contributed by atoms with Crippen LogP contribution in [0.2, 0.25) is 0 Å². The van der Waals surface area contributed by atoms with E-state index in [1.807, 2.05) is 0 Å². The van der Waals surface area contributed by atoms with Gasteiger partial charge in [-0.05, 0) is 62.9 Å². The van der Waals surface area contributed by atoms with Gasteiger partial charge in [-0.2, -0.15) is 0 Å². The molecule has 0 saturated carbocycles. The molecular formula is C23H32N4O. The molecule has 0 saturated heterocycles. The van der Waals surface area contributed by atoms with Crippen LogP contribution < -0.4 is 5.73 Å². The summed E-state index contributed by atoms with van der Waals surface area (Å²) in [6, 6.07) is 6.43. The van der Waals surface area contributed by atoms with Gasteiger partial charge >= 0.3 is 0 Å². The van der Waals surface area contributed by atoms with E-state index in [0.29, 0.717) is 19.1 Å². The molecule has 2 N–H and O–H groups in total. The second-order valence-electron chi connectivity index (χ2n) is 8.54. The summed E-state index contributed by atoms with van der Waals surface area (Å²) < 4.78 is 7.71. The third kappa shape index (κ3) is 3.56. The van der Waals surface area contributed by atoms with Crippen molar-refractivity contribution in [1.29, 1.82) is 0 Å². The van der Waals surface area contributed by atoms with Gasteiger partial charge in [0, 0.05) is 31.1 Å². The zero-order valence-corrected chi connectivity index (χ0v) is 18.1. The molecular weight excluding hydrogens is 348 g/mol. The largest absolute Gasteiger partial charge is 0.382 e. The third-order valence-corrected chi connectivity index (χ3v) is 5.33. The SMILES string of the molecule is COCC(C)(C)n1cc(C)c2nc(-c3ccc(C(C)C)nc3CN)c(C)cc21. The number of nitrogens with zero attached hydrogens (tertiary/aromatic N) is 3. The van der Waals surface area contributed by atoms with Gasteiger partial charge in [-0.25, -0.2) is 4.98 Å². The van der Waals surface area contributed by atoms with E-state index in [9.17, 15) is 0 Å². The molecule has 0 aliphatic rings. The van der Waals surface area contributed by atoms with Gasteiger partial charge in [-0.15, -0.1) is 0 Å². The van der Waals surface area contributed by atoms with Crippen LogP contribution >= 0.6 is 0 Å². The maximum Gasteiger partial charge on any atom is 0.0918 e.